The fourth-order valence-electron chi connectivity index (χ4n) is 4.93. The second-order valence-electron chi connectivity index (χ2n) is 7.82. The van der Waals surface area contributed by atoms with E-state index in [1.165, 1.54) is 12.1 Å². The van der Waals surface area contributed by atoms with E-state index in [0.717, 1.165) is 18.4 Å². The van der Waals surface area contributed by atoms with Gasteiger partial charge < -0.3 is 14.6 Å². The Morgan fingerprint density at radius 3 is 2.62 bits per heavy atom. The van der Waals surface area contributed by atoms with E-state index >= 15 is 0 Å². The number of aryl methyl sites for hydroxylation is 1. The van der Waals surface area contributed by atoms with Crippen molar-refractivity contribution < 1.29 is 23.8 Å². The monoisotopic (exact) mass is 414 g/mol. The minimum Gasteiger partial charge on any atom is -0.511 e. The number of allylic oxidation sites excluding steroid dienone is 1. The Bertz CT molecular complexity index is 1050. The Hall–Kier alpha value is -2.37. The first kappa shape index (κ1) is 18.6. The maximum atomic E-state index is 14.1. The van der Waals surface area contributed by atoms with Crippen LogP contribution in [0.3, 0.4) is 0 Å². The number of ether oxygens (including phenoxy) is 2. The highest BCUT2D eigenvalue weighted by Crippen LogP contribution is 2.54. The van der Waals surface area contributed by atoms with Gasteiger partial charge in [0.15, 0.2) is 17.3 Å². The summed E-state index contributed by atoms with van der Waals surface area (Å²) < 4.78 is 25.7. The van der Waals surface area contributed by atoms with Crippen LogP contribution in [0, 0.1) is 17.7 Å². The third kappa shape index (κ3) is 2.87. The summed E-state index contributed by atoms with van der Waals surface area (Å²) in [5.41, 5.74) is 1.94. The van der Waals surface area contributed by atoms with Crippen LogP contribution >= 0.6 is 11.6 Å². The standard InChI is InChI=1S/C23H20ClFO4/c1-2-11-3-5-13(28-16-6-4-12(24)9-15(16)25)10-14(11)19-22(26)20-17-7-8-18(29-17)21(20)23(19)27/h3-6,9-10,17-18,20-21,26H,2,7-8H2,1H3/t17-,18+,20+,21-/m0/s1. The molecule has 6 heteroatoms. The van der Waals surface area contributed by atoms with Crippen molar-refractivity contribution in [1.82, 2.24) is 0 Å². The molecule has 2 aliphatic heterocycles. The van der Waals surface area contributed by atoms with Crippen LogP contribution in [-0.2, 0) is 16.0 Å². The van der Waals surface area contributed by atoms with Crippen molar-refractivity contribution in [3.05, 3.63) is 64.1 Å². The number of rotatable bonds is 4. The number of carbonyl (C=O) groups excluding carboxylic acids is 1. The minimum atomic E-state index is -0.569. The van der Waals surface area contributed by atoms with Gasteiger partial charge in [-0.1, -0.05) is 24.6 Å². The molecule has 4 atom stereocenters. The van der Waals surface area contributed by atoms with Gasteiger partial charge in [-0.15, -0.1) is 0 Å². The molecule has 2 fully saturated rings. The number of Topliss-reactive ketones (excluding diaryl/α,β-unsaturated/α-hetero) is 1. The van der Waals surface area contributed by atoms with Crippen molar-refractivity contribution >= 4 is 23.0 Å². The van der Waals surface area contributed by atoms with Crippen LogP contribution in [0.2, 0.25) is 5.02 Å². The van der Waals surface area contributed by atoms with E-state index in [4.69, 9.17) is 21.1 Å². The number of halogens is 2. The molecule has 5 rings (SSSR count). The van der Waals surface area contributed by atoms with E-state index in [2.05, 4.69) is 0 Å². The SMILES string of the molecule is CCc1ccc(Oc2ccc(Cl)cc2F)cc1C1=C(O)[C@H]2[C@@H](C1=O)[C@H]1CC[C@@H]2O1. The molecule has 1 aliphatic carbocycles. The first-order chi connectivity index (χ1) is 14.0. The first-order valence-electron chi connectivity index (χ1n) is 9.87. The minimum absolute atomic E-state index is 0.0452. The molecule has 2 aromatic rings. The highest BCUT2D eigenvalue weighted by atomic mass is 35.5. The molecule has 2 aromatic carbocycles. The number of hydrogen-bond acceptors (Lipinski definition) is 4. The van der Waals surface area contributed by atoms with Crippen LogP contribution in [0.25, 0.3) is 5.57 Å². The Kier molecular flexibility index (Phi) is 4.41. The Morgan fingerprint density at radius 2 is 1.93 bits per heavy atom. The number of benzene rings is 2. The van der Waals surface area contributed by atoms with Gasteiger partial charge in [-0.3, -0.25) is 4.79 Å². The van der Waals surface area contributed by atoms with Crippen LogP contribution < -0.4 is 4.74 Å². The average Bonchev–Trinajstić information content (AvgIpc) is 3.38. The lowest BCUT2D eigenvalue weighted by molar-refractivity contribution is -0.118. The molecule has 4 nitrogen and oxygen atoms in total. The lowest BCUT2D eigenvalue weighted by Gasteiger charge is -2.19. The molecule has 0 spiro atoms. The van der Waals surface area contributed by atoms with Gasteiger partial charge >= 0.3 is 0 Å². The van der Waals surface area contributed by atoms with Gasteiger partial charge in [0.1, 0.15) is 11.5 Å². The average molecular weight is 415 g/mol. The number of fused-ring (bicyclic) bond motifs is 5. The molecule has 2 bridgehead atoms. The smallest absolute Gasteiger partial charge is 0.173 e. The fourth-order valence-corrected chi connectivity index (χ4v) is 5.09. The Morgan fingerprint density at radius 1 is 1.17 bits per heavy atom. The van der Waals surface area contributed by atoms with Gasteiger partial charge in [0, 0.05) is 5.02 Å². The van der Waals surface area contributed by atoms with Crippen LogP contribution in [0.15, 0.2) is 42.2 Å². The fraction of sp³-hybridized carbons (Fsp3) is 0.348. The zero-order valence-corrected chi connectivity index (χ0v) is 16.6. The van der Waals surface area contributed by atoms with Gasteiger partial charge in [0.25, 0.3) is 0 Å². The van der Waals surface area contributed by atoms with Gasteiger partial charge in [-0.05, 0) is 60.7 Å². The number of hydrogen-bond donors (Lipinski definition) is 1. The largest absolute Gasteiger partial charge is 0.511 e. The lowest BCUT2D eigenvalue weighted by atomic mass is 9.80. The molecular formula is C23H20ClFO4. The normalized spacial score (nSPS) is 27.6. The summed E-state index contributed by atoms with van der Waals surface area (Å²) in [6.07, 6.45) is 2.23. The summed E-state index contributed by atoms with van der Waals surface area (Å²) >= 11 is 5.80. The highest BCUT2D eigenvalue weighted by molar-refractivity contribution is 6.30. The zero-order valence-electron chi connectivity index (χ0n) is 15.8. The molecule has 0 saturated carbocycles. The van der Waals surface area contributed by atoms with Crippen molar-refractivity contribution in [2.45, 2.75) is 38.4 Å². The van der Waals surface area contributed by atoms with Crippen LogP contribution in [0.5, 0.6) is 11.5 Å². The molecule has 2 saturated heterocycles. The lowest BCUT2D eigenvalue weighted by Crippen LogP contribution is -2.29. The molecule has 2 heterocycles. The molecule has 3 aliphatic rings. The predicted octanol–water partition coefficient (Wildman–Crippen LogP) is 5.48. The Balaban J connectivity index is 1.54. The van der Waals surface area contributed by atoms with Crippen LogP contribution in [-0.4, -0.2) is 23.1 Å². The van der Waals surface area contributed by atoms with Crippen LogP contribution in [0.4, 0.5) is 4.39 Å². The number of ketones is 1. The van der Waals surface area contributed by atoms with Crippen LogP contribution in [0.1, 0.15) is 30.9 Å². The summed E-state index contributed by atoms with van der Waals surface area (Å²) in [7, 11) is 0. The maximum absolute atomic E-state index is 14.1. The second-order valence-corrected chi connectivity index (χ2v) is 8.25. The molecule has 29 heavy (non-hydrogen) atoms. The van der Waals surface area contributed by atoms with Crippen molar-refractivity contribution in [2.24, 2.45) is 11.8 Å². The highest BCUT2D eigenvalue weighted by Gasteiger charge is 2.59. The molecule has 0 aromatic heterocycles. The van der Waals surface area contributed by atoms with Gasteiger partial charge in [-0.2, -0.15) is 0 Å². The van der Waals surface area contributed by atoms with Crippen molar-refractivity contribution in [3.63, 3.8) is 0 Å². The van der Waals surface area contributed by atoms with E-state index in [-0.39, 0.29) is 46.4 Å². The molecule has 0 radical (unpaired) electrons. The molecule has 1 N–H and O–H groups in total. The summed E-state index contributed by atoms with van der Waals surface area (Å²) in [5, 5.41) is 11.2. The second kappa shape index (κ2) is 6.85. The number of aliphatic hydroxyl groups excluding tert-OH is 1. The quantitative estimate of drug-likeness (QED) is 0.719. The summed E-state index contributed by atoms with van der Waals surface area (Å²) in [5.74, 6) is -0.625. The Labute approximate surface area is 172 Å². The molecule has 0 amide bonds. The van der Waals surface area contributed by atoms with Gasteiger partial charge in [0.2, 0.25) is 0 Å². The zero-order chi connectivity index (χ0) is 20.3. The van der Waals surface area contributed by atoms with Crippen molar-refractivity contribution in [3.8, 4) is 11.5 Å². The molecular weight excluding hydrogens is 395 g/mol. The molecule has 0 unspecified atom stereocenters. The number of aliphatic hydroxyl groups is 1. The summed E-state index contributed by atoms with van der Waals surface area (Å²) in [4.78, 5) is 13.2. The summed E-state index contributed by atoms with van der Waals surface area (Å²) in [6.45, 7) is 1.99. The predicted molar refractivity (Wildman–Crippen MR) is 107 cm³/mol. The molecule has 150 valence electrons. The third-order valence-electron chi connectivity index (χ3n) is 6.25. The van der Waals surface area contributed by atoms with Crippen molar-refractivity contribution in [2.75, 3.05) is 0 Å². The topological polar surface area (TPSA) is 55.8 Å². The number of carbonyl (C=O) groups is 1. The van der Waals surface area contributed by atoms with E-state index in [1.54, 1.807) is 18.2 Å². The first-order valence-corrected chi connectivity index (χ1v) is 10.2. The van der Waals surface area contributed by atoms with Gasteiger partial charge in [0.05, 0.1) is 29.6 Å². The van der Waals surface area contributed by atoms with Gasteiger partial charge in [-0.25, -0.2) is 4.39 Å². The van der Waals surface area contributed by atoms with Crippen molar-refractivity contribution in [1.29, 1.82) is 0 Å². The van der Waals surface area contributed by atoms with E-state index in [1.807, 2.05) is 13.0 Å². The third-order valence-corrected chi connectivity index (χ3v) is 6.48. The summed E-state index contributed by atoms with van der Waals surface area (Å²) in [6, 6.07) is 9.49. The maximum Gasteiger partial charge on any atom is 0.173 e. The van der Waals surface area contributed by atoms with E-state index in [9.17, 15) is 14.3 Å². The van der Waals surface area contributed by atoms with E-state index in [0.29, 0.717) is 23.3 Å². The van der Waals surface area contributed by atoms with E-state index < -0.39 is 5.82 Å².